The number of hydrogen-bond donors (Lipinski definition) is 1. The molecule has 0 aromatic heterocycles. The summed E-state index contributed by atoms with van der Waals surface area (Å²) in [5.74, 6) is 0.242. The van der Waals surface area contributed by atoms with Crippen molar-refractivity contribution in [2.75, 3.05) is 5.32 Å². The fourth-order valence-electron chi connectivity index (χ4n) is 2.67. The first-order valence-corrected chi connectivity index (χ1v) is 6.80. The van der Waals surface area contributed by atoms with Crippen LogP contribution in [0.4, 0.5) is 15.8 Å². The van der Waals surface area contributed by atoms with Gasteiger partial charge in [0, 0.05) is 12.1 Å². The van der Waals surface area contributed by atoms with Gasteiger partial charge in [-0.05, 0) is 37.7 Å². The lowest BCUT2D eigenvalue weighted by Crippen LogP contribution is -2.26. The van der Waals surface area contributed by atoms with Crippen LogP contribution < -0.4 is 5.32 Å². The van der Waals surface area contributed by atoms with E-state index in [1.165, 1.54) is 31.4 Å². The van der Waals surface area contributed by atoms with E-state index in [1.807, 2.05) is 0 Å². The number of nitro groups is 1. The molecule has 0 saturated heterocycles. The van der Waals surface area contributed by atoms with E-state index >= 15 is 0 Å². The van der Waals surface area contributed by atoms with Crippen molar-refractivity contribution >= 4 is 11.4 Å². The van der Waals surface area contributed by atoms with Crippen molar-refractivity contribution in [2.24, 2.45) is 5.92 Å². The summed E-state index contributed by atoms with van der Waals surface area (Å²) in [6.45, 7) is 2.20. The third kappa shape index (κ3) is 3.43. The first kappa shape index (κ1) is 13.8. The second kappa shape index (κ2) is 5.99. The topological polar surface area (TPSA) is 55.2 Å². The SMILES string of the molecule is CCC1CCC(Nc2ccc([N+](=O)[O-])cc2F)CC1. The second-order valence-electron chi connectivity index (χ2n) is 5.19. The van der Waals surface area contributed by atoms with Crippen LogP contribution >= 0.6 is 0 Å². The van der Waals surface area contributed by atoms with E-state index < -0.39 is 10.7 Å². The average Bonchev–Trinajstić information content (AvgIpc) is 2.41. The number of nitrogens with zero attached hydrogens (tertiary/aromatic N) is 1. The molecule has 0 amide bonds. The van der Waals surface area contributed by atoms with Crippen molar-refractivity contribution < 1.29 is 9.31 Å². The Morgan fingerprint density at radius 3 is 2.58 bits per heavy atom. The molecule has 1 N–H and O–H groups in total. The van der Waals surface area contributed by atoms with Crippen LogP contribution in [0.1, 0.15) is 39.0 Å². The van der Waals surface area contributed by atoms with Gasteiger partial charge in [-0.15, -0.1) is 0 Å². The number of anilines is 1. The van der Waals surface area contributed by atoms with Crippen LogP contribution in [0.3, 0.4) is 0 Å². The number of rotatable bonds is 4. The van der Waals surface area contributed by atoms with E-state index in [2.05, 4.69) is 12.2 Å². The summed E-state index contributed by atoms with van der Waals surface area (Å²) in [6, 6.07) is 4.04. The minimum absolute atomic E-state index is 0.210. The summed E-state index contributed by atoms with van der Waals surface area (Å²) < 4.78 is 13.7. The summed E-state index contributed by atoms with van der Waals surface area (Å²) in [4.78, 5) is 9.96. The lowest BCUT2D eigenvalue weighted by Gasteiger charge is -2.29. The van der Waals surface area contributed by atoms with E-state index in [1.54, 1.807) is 0 Å². The zero-order chi connectivity index (χ0) is 13.8. The van der Waals surface area contributed by atoms with Crippen LogP contribution in [0.2, 0.25) is 0 Å². The minimum atomic E-state index is -0.584. The molecule has 0 spiro atoms. The van der Waals surface area contributed by atoms with Gasteiger partial charge in [-0.1, -0.05) is 13.3 Å². The maximum absolute atomic E-state index is 13.7. The number of halogens is 1. The van der Waals surface area contributed by atoms with E-state index in [-0.39, 0.29) is 11.7 Å². The molecule has 0 aliphatic heterocycles. The van der Waals surface area contributed by atoms with Gasteiger partial charge in [-0.3, -0.25) is 10.1 Å². The zero-order valence-electron chi connectivity index (χ0n) is 11.1. The number of hydrogen-bond acceptors (Lipinski definition) is 3. The highest BCUT2D eigenvalue weighted by atomic mass is 19.1. The third-order valence-electron chi connectivity index (χ3n) is 3.95. The molecule has 19 heavy (non-hydrogen) atoms. The van der Waals surface area contributed by atoms with E-state index in [0.29, 0.717) is 5.69 Å². The molecule has 1 aliphatic carbocycles. The van der Waals surface area contributed by atoms with Gasteiger partial charge < -0.3 is 5.32 Å². The Morgan fingerprint density at radius 1 is 1.37 bits per heavy atom. The number of benzene rings is 1. The highest BCUT2D eigenvalue weighted by Crippen LogP contribution is 2.29. The van der Waals surface area contributed by atoms with Crippen LogP contribution in [0, 0.1) is 21.8 Å². The fraction of sp³-hybridized carbons (Fsp3) is 0.571. The Labute approximate surface area is 112 Å². The summed E-state index contributed by atoms with van der Waals surface area (Å²) in [5, 5.41) is 13.7. The van der Waals surface area contributed by atoms with Crippen LogP contribution in [0.15, 0.2) is 18.2 Å². The molecule has 5 heteroatoms. The highest BCUT2D eigenvalue weighted by Gasteiger charge is 2.21. The Morgan fingerprint density at radius 2 is 2.05 bits per heavy atom. The van der Waals surface area contributed by atoms with Gasteiger partial charge in [-0.2, -0.15) is 0 Å². The summed E-state index contributed by atoms with van der Waals surface area (Å²) in [5.41, 5.74) is 0.156. The van der Waals surface area contributed by atoms with Gasteiger partial charge in [0.05, 0.1) is 16.7 Å². The number of non-ortho nitro benzene ring substituents is 1. The number of nitro benzene ring substituents is 1. The highest BCUT2D eigenvalue weighted by molar-refractivity contribution is 5.50. The van der Waals surface area contributed by atoms with Gasteiger partial charge in [0.15, 0.2) is 5.82 Å². The summed E-state index contributed by atoms with van der Waals surface area (Å²) in [6.07, 6.45) is 5.62. The monoisotopic (exact) mass is 266 g/mol. The van der Waals surface area contributed by atoms with Gasteiger partial charge >= 0.3 is 0 Å². The van der Waals surface area contributed by atoms with Crippen LogP contribution in [0.5, 0.6) is 0 Å². The van der Waals surface area contributed by atoms with E-state index in [9.17, 15) is 14.5 Å². The van der Waals surface area contributed by atoms with Crippen molar-refractivity contribution in [1.29, 1.82) is 0 Å². The van der Waals surface area contributed by atoms with Crippen molar-refractivity contribution in [3.05, 3.63) is 34.1 Å². The lowest BCUT2D eigenvalue weighted by molar-refractivity contribution is -0.385. The van der Waals surface area contributed by atoms with Crippen LogP contribution in [-0.2, 0) is 0 Å². The molecule has 0 bridgehead atoms. The van der Waals surface area contributed by atoms with Crippen molar-refractivity contribution in [1.82, 2.24) is 0 Å². The van der Waals surface area contributed by atoms with Crippen molar-refractivity contribution in [3.63, 3.8) is 0 Å². The Bertz CT molecular complexity index is 457. The zero-order valence-corrected chi connectivity index (χ0v) is 11.1. The molecule has 4 nitrogen and oxygen atoms in total. The molecule has 2 rings (SSSR count). The molecule has 1 aliphatic rings. The van der Waals surface area contributed by atoms with Crippen molar-refractivity contribution in [3.8, 4) is 0 Å². The molecule has 0 unspecified atom stereocenters. The third-order valence-corrected chi connectivity index (χ3v) is 3.95. The maximum atomic E-state index is 13.7. The Kier molecular flexibility index (Phi) is 4.35. The quantitative estimate of drug-likeness (QED) is 0.659. The standard InChI is InChI=1S/C14H19FN2O2/c1-2-10-3-5-11(6-4-10)16-14-8-7-12(17(18)19)9-13(14)15/h7-11,16H,2-6H2,1H3. The first-order valence-electron chi connectivity index (χ1n) is 6.80. The largest absolute Gasteiger partial charge is 0.380 e. The second-order valence-corrected chi connectivity index (χ2v) is 5.19. The Hall–Kier alpha value is -1.65. The first-order chi connectivity index (χ1) is 9.10. The number of nitrogens with one attached hydrogen (secondary N) is 1. The van der Waals surface area contributed by atoms with Gasteiger partial charge in [-0.25, -0.2) is 4.39 Å². The molecular weight excluding hydrogens is 247 g/mol. The predicted octanol–water partition coefficient (Wildman–Crippen LogP) is 4.11. The average molecular weight is 266 g/mol. The van der Waals surface area contributed by atoms with Gasteiger partial charge in [0.1, 0.15) is 0 Å². The molecule has 104 valence electrons. The van der Waals surface area contributed by atoms with E-state index in [0.717, 1.165) is 24.8 Å². The van der Waals surface area contributed by atoms with Crippen LogP contribution in [0.25, 0.3) is 0 Å². The lowest BCUT2D eigenvalue weighted by atomic mass is 9.84. The Balaban J connectivity index is 1.98. The summed E-state index contributed by atoms with van der Waals surface area (Å²) in [7, 11) is 0. The maximum Gasteiger partial charge on any atom is 0.272 e. The molecule has 0 heterocycles. The van der Waals surface area contributed by atoms with E-state index in [4.69, 9.17) is 0 Å². The van der Waals surface area contributed by atoms with Crippen molar-refractivity contribution in [2.45, 2.75) is 45.1 Å². The van der Waals surface area contributed by atoms with Gasteiger partial charge in [0.25, 0.3) is 5.69 Å². The molecule has 0 atom stereocenters. The predicted molar refractivity (Wildman–Crippen MR) is 72.7 cm³/mol. The molecule has 1 aromatic rings. The summed E-state index contributed by atoms with van der Waals surface area (Å²) >= 11 is 0. The minimum Gasteiger partial charge on any atom is -0.380 e. The molecular formula is C14H19FN2O2. The molecule has 1 fully saturated rings. The van der Waals surface area contributed by atoms with Gasteiger partial charge in [0.2, 0.25) is 0 Å². The fourth-order valence-corrected chi connectivity index (χ4v) is 2.67. The molecule has 1 aromatic carbocycles. The normalized spacial score (nSPS) is 23.1. The molecule has 0 radical (unpaired) electrons. The molecule has 1 saturated carbocycles. The van der Waals surface area contributed by atoms with Crippen LogP contribution in [-0.4, -0.2) is 11.0 Å². The smallest absolute Gasteiger partial charge is 0.272 e.